The Kier molecular flexibility index (Phi) is 7.35. The van der Waals surface area contributed by atoms with Gasteiger partial charge >= 0.3 is 12.0 Å². The van der Waals surface area contributed by atoms with Crippen molar-refractivity contribution in [1.82, 2.24) is 0 Å². The lowest BCUT2D eigenvalue weighted by Gasteiger charge is -2.08. The number of carbonyl (C=O) groups is 1. The van der Waals surface area contributed by atoms with E-state index in [4.69, 9.17) is 4.74 Å². The maximum atomic E-state index is 12.5. The molecule has 0 bridgehead atoms. The van der Waals surface area contributed by atoms with Crippen LogP contribution in [0.3, 0.4) is 0 Å². The Bertz CT molecular complexity index is 528. The fraction of sp³-hybridized carbons (Fsp3) is 0.182. The first-order valence-corrected chi connectivity index (χ1v) is 8.08. The summed E-state index contributed by atoms with van der Waals surface area (Å²) in [6, 6.07) is 3.52. The van der Waals surface area contributed by atoms with Crippen LogP contribution in [0.5, 0.6) is 0 Å². The van der Waals surface area contributed by atoms with Crippen molar-refractivity contribution in [1.29, 1.82) is 0 Å². The summed E-state index contributed by atoms with van der Waals surface area (Å²) in [6.07, 6.45) is -3.00. The van der Waals surface area contributed by atoms with Crippen molar-refractivity contribution in [2.24, 2.45) is 0 Å². The summed E-state index contributed by atoms with van der Waals surface area (Å²) < 4.78 is 43.4. The van der Waals surface area contributed by atoms with Gasteiger partial charge in [-0.3, -0.25) is 0 Å². The van der Waals surface area contributed by atoms with E-state index in [0.29, 0.717) is 5.56 Å². The lowest BCUT2D eigenvalue weighted by molar-refractivity contribution is 0.0501. The van der Waals surface area contributed by atoms with Crippen molar-refractivity contribution in [3.63, 3.8) is 0 Å². The van der Waals surface area contributed by atoms with Gasteiger partial charge < -0.3 is 4.74 Å². The Morgan fingerprint density at radius 3 is 2.37 bits per heavy atom. The second-order valence-corrected chi connectivity index (χ2v) is 6.79. The van der Waals surface area contributed by atoms with Crippen molar-refractivity contribution < 1.29 is 22.7 Å². The normalized spacial score (nSPS) is 10.2. The molecule has 0 atom stereocenters. The molecule has 1 aromatic carbocycles. The molecule has 8 heteroatoms. The zero-order chi connectivity index (χ0) is 14.6. The van der Waals surface area contributed by atoms with Gasteiger partial charge in [0.2, 0.25) is 0 Å². The third-order valence-electron chi connectivity index (χ3n) is 1.97. The van der Waals surface area contributed by atoms with E-state index in [1.165, 1.54) is 0 Å². The predicted octanol–water partition coefficient (Wildman–Crippen LogP) is 5.12. The molecule has 19 heavy (non-hydrogen) atoms. The second-order valence-electron chi connectivity index (χ2n) is 3.30. The molecular weight excluding hydrogens is 602 g/mol. The van der Waals surface area contributed by atoms with Gasteiger partial charge in [0.15, 0.2) is 5.83 Å². The largest absolute Gasteiger partial charge is 0.462 e. The fourth-order valence-electron chi connectivity index (χ4n) is 1.11. The first-order chi connectivity index (χ1) is 8.82. The smallest absolute Gasteiger partial charge is 0.339 e. The van der Waals surface area contributed by atoms with Gasteiger partial charge in [0, 0.05) is 17.1 Å². The van der Waals surface area contributed by atoms with Gasteiger partial charge in [0.1, 0.15) is 0 Å². The Morgan fingerprint density at radius 2 is 1.79 bits per heavy atom. The van der Waals surface area contributed by atoms with E-state index in [1.54, 1.807) is 6.07 Å². The number of halogens is 6. The van der Waals surface area contributed by atoms with Crippen LogP contribution < -0.4 is 0 Å². The number of ether oxygens (including phenoxy) is 1. The molecule has 0 aliphatic rings. The zero-order valence-corrected chi connectivity index (χ0v) is 15.6. The summed E-state index contributed by atoms with van der Waals surface area (Å²) in [6.45, 7) is -0.417. The van der Waals surface area contributed by atoms with Crippen molar-refractivity contribution >= 4 is 73.7 Å². The number of benzene rings is 1. The molecule has 0 heterocycles. The van der Waals surface area contributed by atoms with Crippen molar-refractivity contribution in [2.45, 2.75) is 6.42 Å². The van der Waals surface area contributed by atoms with E-state index in [-0.39, 0.29) is 0 Å². The van der Waals surface area contributed by atoms with Crippen molar-refractivity contribution in [3.8, 4) is 0 Å². The molecule has 0 fully saturated rings. The molecule has 0 aliphatic heterocycles. The first-order valence-electron chi connectivity index (χ1n) is 4.84. The molecule has 0 amide bonds. The highest BCUT2D eigenvalue weighted by Crippen LogP contribution is 2.23. The van der Waals surface area contributed by atoms with Crippen LogP contribution in [0, 0.1) is 10.7 Å². The van der Waals surface area contributed by atoms with Gasteiger partial charge in [-0.25, -0.2) is 9.18 Å². The van der Waals surface area contributed by atoms with Crippen LogP contribution in [0.2, 0.25) is 0 Å². The van der Waals surface area contributed by atoms with E-state index in [0.717, 1.165) is 10.7 Å². The fourth-order valence-corrected chi connectivity index (χ4v) is 3.49. The zero-order valence-electron chi connectivity index (χ0n) is 9.15. The van der Waals surface area contributed by atoms with Gasteiger partial charge in [0.05, 0.1) is 12.2 Å². The standard InChI is InChI=1S/C11H6F3I3O2/c12-7(10(13)14)1-2-19-11(18)6-3-5(15)4-8(16)9(6)17/h3-4H,1-2H2. The molecular formula is C11H6F3I3O2. The maximum absolute atomic E-state index is 12.5. The first kappa shape index (κ1) is 17.5. The molecule has 0 aromatic heterocycles. The molecule has 104 valence electrons. The van der Waals surface area contributed by atoms with Crippen LogP contribution >= 0.6 is 67.8 Å². The molecule has 0 unspecified atom stereocenters. The topological polar surface area (TPSA) is 26.3 Å². The Morgan fingerprint density at radius 1 is 1.16 bits per heavy atom. The molecule has 1 aromatic rings. The third-order valence-corrected chi connectivity index (χ3v) is 5.64. The number of hydrogen-bond donors (Lipinski definition) is 0. The molecule has 0 saturated carbocycles. The van der Waals surface area contributed by atoms with Crippen molar-refractivity contribution in [3.05, 3.63) is 40.3 Å². The van der Waals surface area contributed by atoms with E-state index in [9.17, 15) is 18.0 Å². The number of carbonyl (C=O) groups excluding carboxylic acids is 1. The maximum Gasteiger partial charge on any atom is 0.339 e. The summed E-state index contributed by atoms with van der Waals surface area (Å²) in [5.74, 6) is -2.20. The van der Waals surface area contributed by atoms with Crippen LogP contribution in [-0.2, 0) is 4.74 Å². The van der Waals surface area contributed by atoms with Crippen LogP contribution in [0.25, 0.3) is 0 Å². The van der Waals surface area contributed by atoms with E-state index < -0.39 is 30.9 Å². The highest BCUT2D eigenvalue weighted by Gasteiger charge is 2.15. The number of esters is 1. The van der Waals surface area contributed by atoms with E-state index in [1.807, 2.05) is 28.7 Å². The van der Waals surface area contributed by atoms with Crippen LogP contribution in [0.1, 0.15) is 16.8 Å². The molecule has 0 spiro atoms. The summed E-state index contributed by atoms with van der Waals surface area (Å²) in [7, 11) is 0. The minimum atomic E-state index is -2.38. The lowest BCUT2D eigenvalue weighted by atomic mass is 10.2. The molecule has 0 N–H and O–H groups in total. The predicted molar refractivity (Wildman–Crippen MR) is 89.8 cm³/mol. The number of rotatable bonds is 4. The van der Waals surface area contributed by atoms with Crippen LogP contribution in [0.15, 0.2) is 24.0 Å². The quantitative estimate of drug-likeness (QED) is 0.270. The summed E-state index contributed by atoms with van der Waals surface area (Å²) >= 11 is 6.13. The highest BCUT2D eigenvalue weighted by atomic mass is 127. The average molecular weight is 608 g/mol. The SMILES string of the molecule is O=C(OCCC(F)=C(F)F)c1cc(I)cc(I)c1I. The molecule has 1 rings (SSSR count). The summed E-state index contributed by atoms with van der Waals surface area (Å²) in [4.78, 5) is 11.8. The monoisotopic (exact) mass is 608 g/mol. The van der Waals surface area contributed by atoms with Gasteiger partial charge in [-0.1, -0.05) is 0 Å². The Labute approximate surface area is 148 Å². The van der Waals surface area contributed by atoms with E-state index in [2.05, 4.69) is 45.2 Å². The summed E-state index contributed by atoms with van der Waals surface area (Å²) in [5.41, 5.74) is 0.349. The third kappa shape index (κ3) is 5.36. The average Bonchev–Trinajstić information content (AvgIpc) is 2.33. The molecule has 0 radical (unpaired) electrons. The van der Waals surface area contributed by atoms with Crippen LogP contribution in [-0.4, -0.2) is 12.6 Å². The van der Waals surface area contributed by atoms with Crippen molar-refractivity contribution in [2.75, 3.05) is 6.61 Å². The number of hydrogen-bond acceptors (Lipinski definition) is 2. The molecule has 0 aliphatic carbocycles. The van der Waals surface area contributed by atoms with Gasteiger partial charge in [-0.15, -0.1) is 0 Å². The minimum absolute atomic E-state index is 0.349. The highest BCUT2D eigenvalue weighted by molar-refractivity contribution is 14.1. The second kappa shape index (κ2) is 8.00. The van der Waals surface area contributed by atoms with Gasteiger partial charge in [-0.2, -0.15) is 8.78 Å². The van der Waals surface area contributed by atoms with Crippen LogP contribution in [0.4, 0.5) is 13.2 Å². The summed E-state index contributed by atoms with van der Waals surface area (Å²) in [5, 5.41) is 0. The molecule has 0 saturated heterocycles. The minimum Gasteiger partial charge on any atom is -0.462 e. The lowest BCUT2D eigenvalue weighted by Crippen LogP contribution is -2.10. The molecule has 2 nitrogen and oxygen atoms in total. The van der Waals surface area contributed by atoms with Gasteiger partial charge in [-0.05, 0) is 79.9 Å². The Hall–Kier alpha value is 0.410. The van der Waals surface area contributed by atoms with Gasteiger partial charge in [0.25, 0.3) is 0 Å². The van der Waals surface area contributed by atoms with E-state index >= 15 is 0 Å². The Balaban J connectivity index is 2.72.